The van der Waals surface area contributed by atoms with Crippen molar-refractivity contribution in [2.24, 2.45) is 0 Å². The molecule has 6 aliphatic rings. The molecule has 6 unspecified atom stereocenters. The van der Waals surface area contributed by atoms with Gasteiger partial charge in [0.15, 0.2) is 0 Å². The van der Waals surface area contributed by atoms with Crippen LogP contribution in [0.4, 0.5) is 16.0 Å². The van der Waals surface area contributed by atoms with Crippen LogP contribution in [-0.2, 0) is 401 Å². The number of pyridine rings is 3. The maximum atomic E-state index is 12.0. The lowest BCUT2D eigenvalue weighted by Crippen LogP contribution is -2.43. The van der Waals surface area contributed by atoms with Crippen LogP contribution in [0.15, 0.2) is 55.0 Å². The minimum absolute atomic E-state index is 0.396. The van der Waals surface area contributed by atoms with E-state index in [4.69, 9.17) is 43.0 Å². The summed E-state index contributed by atoms with van der Waals surface area (Å²) in [6, 6.07) is 11.2. The van der Waals surface area contributed by atoms with Gasteiger partial charge in [-0.3, -0.25) is 0 Å². The van der Waals surface area contributed by atoms with Crippen molar-refractivity contribution in [3.8, 4) is 12.3 Å². The fourth-order valence-electron chi connectivity index (χ4n) is 7.10. The van der Waals surface area contributed by atoms with Crippen molar-refractivity contribution in [3.63, 3.8) is 0 Å². The molecule has 6 saturated heterocycles. The minimum Gasteiger partial charge on any atom is -0.372 e. The van der Waals surface area contributed by atoms with Gasteiger partial charge in [-0.15, -0.1) is 6.42 Å². The lowest BCUT2D eigenvalue weighted by molar-refractivity contribution is 0.0184. The van der Waals surface area contributed by atoms with Gasteiger partial charge in [0.2, 0.25) is 5.95 Å². The van der Waals surface area contributed by atoms with Gasteiger partial charge in [0, 0.05) is 457 Å². The standard InChI is InChI=1S/C13H14N2O.C11H13IN2O.C6H11NO.C5H3FIN.S43/c1-2-10-3-6-13(14-7-10)15-8-11-4-5-12(9-15)16-11;12-8-1-4-11(13-5-8)14-6-9-2-3-10(7-14)15-9;1-2-6-4-7-3-5(1)8-6;6-5-2-1-4(7)3-8-5;1-3-5-7-9-11-13-15-17-19-21-23-25-27-29-31-33-35-37-39-41-43-42-40-38-36-34-32-30-28-26-24-22-20-18-16-14-12-10-8-6-4-2/h1,3,6-7,11-12H,4-5,8-9H2;1,4-5,9-10H,2-3,6-7H2;5-7H,1-4H2;1-3H;. The van der Waals surface area contributed by atoms with Gasteiger partial charge in [-0.05, 0) is 120 Å². The van der Waals surface area contributed by atoms with E-state index < -0.39 is 5.95 Å². The highest BCUT2D eigenvalue weighted by molar-refractivity contribution is 14.1. The first-order valence-electron chi connectivity index (χ1n) is 23.4. The summed E-state index contributed by atoms with van der Waals surface area (Å²) in [4.78, 5) is 16.9. The quantitative estimate of drug-likeness (QED) is 0.205. The highest BCUT2D eigenvalue weighted by atomic mass is 127. The Labute approximate surface area is 677 Å². The lowest BCUT2D eigenvalue weighted by Gasteiger charge is -2.32. The number of rotatable bonds is 2. The molecule has 0 aliphatic carbocycles. The molecular weight excluding hydrogens is 2200 g/mol. The Hall–Kier alpha value is 7.30. The van der Waals surface area contributed by atoms with E-state index in [0.717, 1.165) is 60.0 Å². The van der Waals surface area contributed by atoms with Crippen LogP contribution in [0.2, 0.25) is 0 Å². The fraction of sp³-hybridized carbons (Fsp3) is 0.514. The van der Waals surface area contributed by atoms with Gasteiger partial charge >= 0.3 is 0 Å². The number of halogens is 3. The number of nitrogens with zero attached hydrogens (tertiary/aromatic N) is 5. The number of hydrogen-bond donors (Lipinski definition) is 1. The molecule has 6 atom stereocenters. The predicted molar refractivity (Wildman–Crippen MR) is 514 cm³/mol. The molecule has 3 aromatic rings. The average molecular weight is 2250 g/mol. The molecular formula is C35H41FI2N6O3S43. The predicted octanol–water partition coefficient (Wildman–Crippen LogP) is 5.34. The highest BCUT2D eigenvalue weighted by Gasteiger charge is 2.35. The molecule has 6 aliphatic heterocycles. The van der Waals surface area contributed by atoms with E-state index in [1.165, 1.54) is 72.1 Å². The van der Waals surface area contributed by atoms with Gasteiger partial charge in [0.1, 0.15) is 11.6 Å². The Balaban J connectivity index is 0.000000246. The zero-order valence-corrected chi connectivity index (χ0v) is 83.3. The normalized spacial score (nSPS) is 18.4. The van der Waals surface area contributed by atoms with E-state index >= 15 is 0 Å². The zero-order chi connectivity index (χ0) is 63.6. The number of terminal acetylenes is 1. The third kappa shape index (κ3) is 45.6. The first-order valence-corrected chi connectivity index (χ1v) is 81.5. The number of anilines is 2. The number of morpholine rings is 3. The number of aromatic nitrogens is 3. The summed E-state index contributed by atoms with van der Waals surface area (Å²) < 4.78 is 31.2. The molecule has 9 nitrogen and oxygen atoms in total. The van der Waals surface area contributed by atoms with Crippen LogP contribution in [0.3, 0.4) is 0 Å². The molecule has 0 saturated carbocycles. The molecule has 0 radical (unpaired) electrons. The van der Waals surface area contributed by atoms with E-state index in [1.807, 2.05) is 258 Å². The van der Waals surface area contributed by atoms with Crippen LogP contribution < -0.4 is 15.1 Å². The second kappa shape index (κ2) is 61.5. The topological polar surface area (TPSA) is 84.9 Å². The van der Waals surface area contributed by atoms with Crippen LogP contribution in [0.1, 0.15) is 44.1 Å². The van der Waals surface area contributed by atoms with Crippen LogP contribution in [0, 0.1) is 25.4 Å². The molecule has 9 heterocycles. The van der Waals surface area contributed by atoms with Gasteiger partial charge in [0.25, 0.3) is 0 Å². The second-order valence-electron chi connectivity index (χ2n) is 15.3. The summed E-state index contributed by atoms with van der Waals surface area (Å²) >= 11 is 14.0. The Bertz CT molecular complexity index is 4720. The van der Waals surface area contributed by atoms with E-state index in [2.05, 4.69) is 93.3 Å². The number of ether oxygens (including phenoxy) is 3. The summed E-state index contributed by atoms with van der Waals surface area (Å²) in [5.41, 5.74) is 0.833. The van der Waals surface area contributed by atoms with E-state index in [9.17, 15) is 4.39 Å². The van der Waals surface area contributed by atoms with Crippen molar-refractivity contribution < 1.29 is 18.6 Å². The lowest BCUT2D eigenvalue weighted by atomic mass is 10.2. The summed E-state index contributed by atoms with van der Waals surface area (Å²) in [5, 5.41) is 3.32. The molecule has 9 rings (SSSR count). The summed E-state index contributed by atoms with van der Waals surface area (Å²) in [5.74, 6) is 4.26. The Morgan fingerprint density at radius 2 is 0.656 bits per heavy atom. The fourth-order valence-corrected chi connectivity index (χ4v) is 115. The molecule has 6 fully saturated rings. The van der Waals surface area contributed by atoms with Crippen molar-refractivity contribution in [1.29, 1.82) is 0 Å². The van der Waals surface area contributed by atoms with E-state index in [1.54, 1.807) is 119 Å². The molecule has 508 valence electrons. The van der Waals surface area contributed by atoms with Crippen LogP contribution >= 0.6 is 45.2 Å². The molecule has 0 amide bonds. The second-order valence-corrected chi connectivity index (χ2v) is 90.3. The number of fused-ring (bicyclic) bond motifs is 6. The van der Waals surface area contributed by atoms with Crippen molar-refractivity contribution in [2.75, 3.05) is 49.1 Å². The Morgan fingerprint density at radius 3 is 0.889 bits per heavy atom. The third-order valence-corrected chi connectivity index (χ3v) is 100. The van der Waals surface area contributed by atoms with Crippen LogP contribution in [0.25, 0.3) is 0 Å². The Kier molecular flexibility index (Phi) is 60.0. The van der Waals surface area contributed by atoms with Gasteiger partial charge in [-0.2, -0.15) is 4.39 Å². The first kappa shape index (κ1) is 87.9. The molecule has 0 aromatic carbocycles. The van der Waals surface area contributed by atoms with Gasteiger partial charge < -0.3 is 29.3 Å². The van der Waals surface area contributed by atoms with Crippen LogP contribution in [0.5, 0.6) is 0 Å². The largest absolute Gasteiger partial charge is 0.372 e. The van der Waals surface area contributed by atoms with Crippen LogP contribution in [-0.4, -0.2) is 90.8 Å². The first-order chi connectivity index (χ1) is 44.3. The van der Waals surface area contributed by atoms with Gasteiger partial charge in [-0.1, -0.05) is 5.92 Å². The smallest absolute Gasteiger partial charge is 0.212 e. The molecule has 3 aromatic heterocycles. The minimum atomic E-state index is -0.426. The molecule has 55 heteroatoms. The number of nitrogens with one attached hydrogen (secondary N) is 1. The molecule has 6 bridgehead atoms. The van der Waals surface area contributed by atoms with Crippen molar-refractivity contribution in [1.82, 2.24) is 20.3 Å². The maximum absolute atomic E-state index is 12.0. The Morgan fingerprint density at radius 1 is 0.389 bits per heavy atom. The van der Waals surface area contributed by atoms with Gasteiger partial charge in [0.05, 0.1) is 36.6 Å². The summed E-state index contributed by atoms with van der Waals surface area (Å²) in [6.07, 6.45) is 20.6. The molecule has 1 N–H and O–H groups in total. The van der Waals surface area contributed by atoms with E-state index in [-0.39, 0.29) is 0 Å². The third-order valence-electron chi connectivity index (χ3n) is 10.1. The SMILES string of the molecule is C#Cc1ccc(N2CC3CCC(C2)O3)nc1.C1CC2CNCC1O2.Fc1ccc(I)cn1.Ic1ccc(N2CC3CCC(C2)O3)nc1.S=S=S=S=S=S=S=S=S=S=S=S=S=S=S=S=S=S=S=S=S=S=S=S=S=S=S=S=S=S=S=S=S=S=S=S=S=S=S=S=S=S=S. The highest BCUT2D eigenvalue weighted by Crippen LogP contribution is 2.30. The summed E-state index contributed by atoms with van der Waals surface area (Å²) in [6.45, 7) is 6.08. The molecule has 90 heavy (non-hydrogen) atoms. The van der Waals surface area contributed by atoms with Crippen molar-refractivity contribution >= 4 is 443 Å². The number of hydrogen-bond acceptors (Lipinski definition) is 11. The van der Waals surface area contributed by atoms with Crippen molar-refractivity contribution in [2.45, 2.75) is 75.1 Å². The summed E-state index contributed by atoms with van der Waals surface area (Å²) in [7, 11) is 72.9. The average Bonchev–Trinajstić information content (AvgIpc) is 2.42. The monoisotopic (exact) mass is 2240 g/mol. The van der Waals surface area contributed by atoms with Gasteiger partial charge in [-0.25, -0.2) is 15.0 Å². The molecule has 0 spiro atoms. The zero-order valence-electron chi connectivity index (χ0n) is 43.9. The van der Waals surface area contributed by atoms with Crippen molar-refractivity contribution in [3.05, 3.63) is 73.6 Å². The maximum Gasteiger partial charge on any atom is 0.212 e. The van der Waals surface area contributed by atoms with E-state index in [0.29, 0.717) is 36.6 Å².